The van der Waals surface area contributed by atoms with Crippen LogP contribution in [0, 0.1) is 0 Å². The first-order valence-corrected chi connectivity index (χ1v) is 5.52. The lowest BCUT2D eigenvalue weighted by Crippen LogP contribution is -2.06. The molecule has 84 valence electrons. The Morgan fingerprint density at radius 1 is 1.25 bits per heavy atom. The summed E-state index contributed by atoms with van der Waals surface area (Å²) >= 11 is 0. The van der Waals surface area contributed by atoms with E-state index in [1.165, 1.54) is 5.56 Å². The van der Waals surface area contributed by atoms with E-state index in [0.29, 0.717) is 6.61 Å². The van der Waals surface area contributed by atoms with Crippen LogP contribution in [0.1, 0.15) is 18.3 Å². The predicted octanol–water partition coefficient (Wildman–Crippen LogP) is 2.47. The molecule has 3 nitrogen and oxygen atoms in total. The Kier molecular flexibility index (Phi) is 3.72. The van der Waals surface area contributed by atoms with Gasteiger partial charge in [0.05, 0.1) is 0 Å². The zero-order valence-corrected chi connectivity index (χ0v) is 9.47. The quantitative estimate of drug-likeness (QED) is 0.767. The molecule has 0 radical (unpaired) electrons. The number of hydrogen-bond donors (Lipinski definition) is 0. The van der Waals surface area contributed by atoms with Gasteiger partial charge >= 0.3 is 0 Å². The first-order chi connectivity index (χ1) is 7.90. The Morgan fingerprint density at radius 3 is 2.81 bits per heavy atom. The van der Waals surface area contributed by atoms with E-state index in [9.17, 15) is 0 Å². The van der Waals surface area contributed by atoms with Crippen molar-refractivity contribution in [2.24, 2.45) is 0 Å². The molecule has 2 rings (SSSR count). The van der Waals surface area contributed by atoms with Crippen molar-refractivity contribution in [2.45, 2.75) is 20.1 Å². The van der Waals surface area contributed by atoms with Gasteiger partial charge < -0.3 is 9.30 Å². The predicted molar refractivity (Wildman–Crippen MR) is 63.1 cm³/mol. The average molecular weight is 216 g/mol. The number of aromatic nitrogens is 2. The van der Waals surface area contributed by atoms with E-state index in [2.05, 4.69) is 33.8 Å². The van der Waals surface area contributed by atoms with Gasteiger partial charge in [0, 0.05) is 25.5 Å². The number of hydrogen-bond acceptors (Lipinski definition) is 2. The maximum absolute atomic E-state index is 5.37. The van der Waals surface area contributed by atoms with E-state index in [1.54, 1.807) is 0 Å². The van der Waals surface area contributed by atoms with Gasteiger partial charge in [0.15, 0.2) is 0 Å². The topological polar surface area (TPSA) is 27.1 Å². The largest absolute Gasteiger partial charge is 0.374 e. The van der Waals surface area contributed by atoms with Crippen LogP contribution in [0.25, 0.3) is 0 Å². The summed E-state index contributed by atoms with van der Waals surface area (Å²) in [6.07, 6.45) is 3.80. The van der Waals surface area contributed by atoms with Crippen molar-refractivity contribution in [2.75, 3.05) is 6.61 Å². The number of nitrogens with zero attached hydrogens (tertiary/aromatic N) is 2. The fraction of sp³-hybridized carbons (Fsp3) is 0.308. The van der Waals surface area contributed by atoms with Crippen molar-refractivity contribution in [3.05, 3.63) is 54.1 Å². The Balaban J connectivity index is 2.07. The Labute approximate surface area is 95.7 Å². The van der Waals surface area contributed by atoms with E-state index in [-0.39, 0.29) is 0 Å². The molecule has 3 heteroatoms. The third-order valence-corrected chi connectivity index (χ3v) is 2.43. The SMILES string of the molecule is CCOCc1nccn1Cc1ccccc1. The van der Waals surface area contributed by atoms with Gasteiger partial charge in [-0.05, 0) is 12.5 Å². The van der Waals surface area contributed by atoms with Crippen molar-refractivity contribution in [3.63, 3.8) is 0 Å². The van der Waals surface area contributed by atoms with E-state index in [0.717, 1.165) is 19.0 Å². The maximum atomic E-state index is 5.37. The van der Waals surface area contributed by atoms with Crippen LogP contribution in [0.5, 0.6) is 0 Å². The summed E-state index contributed by atoms with van der Waals surface area (Å²) in [4.78, 5) is 4.29. The molecule has 0 aliphatic carbocycles. The second-order valence-electron chi connectivity index (χ2n) is 3.59. The molecule has 0 saturated carbocycles. The van der Waals surface area contributed by atoms with Gasteiger partial charge in [0.25, 0.3) is 0 Å². The molecule has 0 amide bonds. The van der Waals surface area contributed by atoms with Crippen molar-refractivity contribution in [1.29, 1.82) is 0 Å². The van der Waals surface area contributed by atoms with Gasteiger partial charge in [0.1, 0.15) is 12.4 Å². The van der Waals surface area contributed by atoms with Crippen molar-refractivity contribution >= 4 is 0 Å². The second-order valence-corrected chi connectivity index (χ2v) is 3.59. The van der Waals surface area contributed by atoms with Gasteiger partial charge in [-0.15, -0.1) is 0 Å². The molecular weight excluding hydrogens is 200 g/mol. The number of ether oxygens (including phenoxy) is 1. The standard InChI is InChI=1S/C13H16N2O/c1-2-16-11-13-14-8-9-15(13)10-12-6-4-3-5-7-12/h3-9H,2,10-11H2,1H3. The molecule has 0 atom stereocenters. The molecule has 16 heavy (non-hydrogen) atoms. The van der Waals surface area contributed by atoms with Crippen LogP contribution >= 0.6 is 0 Å². The lowest BCUT2D eigenvalue weighted by molar-refractivity contribution is 0.126. The highest BCUT2D eigenvalue weighted by atomic mass is 16.5. The summed E-state index contributed by atoms with van der Waals surface area (Å²) in [5, 5.41) is 0. The number of benzene rings is 1. The lowest BCUT2D eigenvalue weighted by Gasteiger charge is -2.07. The summed E-state index contributed by atoms with van der Waals surface area (Å²) in [7, 11) is 0. The fourth-order valence-electron chi connectivity index (χ4n) is 1.60. The van der Waals surface area contributed by atoms with Gasteiger partial charge in [-0.3, -0.25) is 0 Å². The highest BCUT2D eigenvalue weighted by Gasteiger charge is 2.02. The van der Waals surface area contributed by atoms with E-state index < -0.39 is 0 Å². The van der Waals surface area contributed by atoms with Crippen LogP contribution in [0.15, 0.2) is 42.7 Å². The lowest BCUT2D eigenvalue weighted by atomic mass is 10.2. The van der Waals surface area contributed by atoms with Crippen LogP contribution in [0.2, 0.25) is 0 Å². The third-order valence-electron chi connectivity index (χ3n) is 2.43. The molecule has 0 fully saturated rings. The molecule has 0 saturated heterocycles. The Hall–Kier alpha value is -1.61. The van der Waals surface area contributed by atoms with Gasteiger partial charge in [-0.1, -0.05) is 30.3 Å². The minimum atomic E-state index is 0.580. The monoisotopic (exact) mass is 216 g/mol. The molecule has 0 unspecified atom stereocenters. The minimum absolute atomic E-state index is 0.580. The molecule has 1 aromatic heterocycles. The zero-order valence-electron chi connectivity index (χ0n) is 9.47. The molecule has 1 heterocycles. The van der Waals surface area contributed by atoms with E-state index >= 15 is 0 Å². The average Bonchev–Trinajstić information content (AvgIpc) is 2.75. The third kappa shape index (κ3) is 2.70. The molecule has 0 aliphatic heterocycles. The van der Waals surface area contributed by atoms with E-state index in [1.807, 2.05) is 25.4 Å². The van der Waals surface area contributed by atoms with Gasteiger partial charge in [0.2, 0.25) is 0 Å². The molecular formula is C13H16N2O. The summed E-state index contributed by atoms with van der Waals surface area (Å²) in [6, 6.07) is 10.4. The first kappa shape index (κ1) is 10.9. The maximum Gasteiger partial charge on any atom is 0.135 e. The Bertz CT molecular complexity index is 423. The van der Waals surface area contributed by atoms with Crippen LogP contribution in [-0.2, 0) is 17.9 Å². The minimum Gasteiger partial charge on any atom is -0.374 e. The van der Waals surface area contributed by atoms with Gasteiger partial charge in [-0.25, -0.2) is 4.98 Å². The zero-order chi connectivity index (χ0) is 11.2. The molecule has 0 bridgehead atoms. The van der Waals surface area contributed by atoms with Gasteiger partial charge in [-0.2, -0.15) is 0 Å². The molecule has 0 spiro atoms. The summed E-state index contributed by atoms with van der Waals surface area (Å²) < 4.78 is 7.49. The van der Waals surface area contributed by atoms with Crippen LogP contribution in [0.4, 0.5) is 0 Å². The summed E-state index contributed by atoms with van der Waals surface area (Å²) in [5.74, 6) is 0.978. The Morgan fingerprint density at radius 2 is 2.06 bits per heavy atom. The molecule has 0 aliphatic rings. The fourth-order valence-corrected chi connectivity index (χ4v) is 1.60. The van der Waals surface area contributed by atoms with E-state index in [4.69, 9.17) is 4.74 Å². The first-order valence-electron chi connectivity index (χ1n) is 5.52. The van der Waals surface area contributed by atoms with Crippen LogP contribution < -0.4 is 0 Å². The molecule has 1 aromatic carbocycles. The molecule has 2 aromatic rings. The highest BCUT2D eigenvalue weighted by molar-refractivity contribution is 5.15. The number of rotatable bonds is 5. The second kappa shape index (κ2) is 5.47. The van der Waals surface area contributed by atoms with Crippen molar-refractivity contribution < 1.29 is 4.74 Å². The summed E-state index contributed by atoms with van der Waals surface area (Å²) in [6.45, 7) is 4.14. The molecule has 0 N–H and O–H groups in total. The highest BCUT2D eigenvalue weighted by Crippen LogP contribution is 2.06. The van der Waals surface area contributed by atoms with Crippen LogP contribution in [-0.4, -0.2) is 16.2 Å². The van der Waals surface area contributed by atoms with Crippen molar-refractivity contribution in [3.8, 4) is 0 Å². The summed E-state index contributed by atoms with van der Waals surface area (Å²) in [5.41, 5.74) is 1.28. The van der Waals surface area contributed by atoms with Crippen LogP contribution in [0.3, 0.4) is 0 Å². The normalized spacial score (nSPS) is 10.6. The number of imidazole rings is 1. The van der Waals surface area contributed by atoms with Crippen molar-refractivity contribution in [1.82, 2.24) is 9.55 Å². The smallest absolute Gasteiger partial charge is 0.135 e.